The zero-order valence-corrected chi connectivity index (χ0v) is 8.77. The fraction of sp³-hybridized carbons (Fsp3) is 0.100. The molecule has 1 rings (SSSR count). The van der Waals surface area contributed by atoms with Crippen molar-refractivity contribution in [3.63, 3.8) is 0 Å². The smallest absolute Gasteiger partial charge is 0.338 e. The van der Waals surface area contributed by atoms with Gasteiger partial charge in [-0.3, -0.25) is 0 Å². The second-order valence-electron chi connectivity index (χ2n) is 2.43. The van der Waals surface area contributed by atoms with E-state index in [0.29, 0.717) is 11.3 Å². The highest BCUT2D eigenvalue weighted by atomic mass is 35.5. The van der Waals surface area contributed by atoms with Crippen LogP contribution in [0.3, 0.4) is 0 Å². The summed E-state index contributed by atoms with van der Waals surface area (Å²) in [5.74, 6) is 4.68. The molecule has 0 fully saturated rings. The fourth-order valence-corrected chi connectivity index (χ4v) is 1.31. The predicted molar refractivity (Wildman–Crippen MR) is 59.1 cm³/mol. The number of thiol groups is 1. The Bertz CT molecular complexity index is 418. The molecule has 0 aliphatic carbocycles. The third-order valence-corrected chi connectivity index (χ3v) is 2.00. The van der Waals surface area contributed by atoms with Gasteiger partial charge < -0.3 is 5.11 Å². The second kappa shape index (κ2) is 4.94. The van der Waals surface area contributed by atoms with Crippen LogP contribution in [0.2, 0.25) is 5.02 Å². The topological polar surface area (TPSA) is 37.3 Å². The molecule has 0 unspecified atom stereocenters. The summed E-state index contributed by atoms with van der Waals surface area (Å²) in [6, 6.07) is 4.81. The van der Waals surface area contributed by atoms with E-state index in [1.54, 1.807) is 12.1 Å². The van der Waals surface area contributed by atoms with Gasteiger partial charge in [0.15, 0.2) is 0 Å². The summed E-state index contributed by atoms with van der Waals surface area (Å²) in [4.78, 5) is 10.8. The molecule has 0 aromatic heterocycles. The van der Waals surface area contributed by atoms with Gasteiger partial charge in [-0.15, -0.1) is 0 Å². The molecule has 0 atom stereocenters. The van der Waals surface area contributed by atoms with E-state index in [9.17, 15) is 4.79 Å². The molecule has 1 N–H and O–H groups in total. The summed E-state index contributed by atoms with van der Waals surface area (Å²) in [6.45, 7) is 0. The number of halogens is 1. The summed E-state index contributed by atoms with van der Waals surface area (Å²) < 4.78 is 0. The van der Waals surface area contributed by atoms with Crippen molar-refractivity contribution in [3.8, 4) is 11.8 Å². The van der Waals surface area contributed by atoms with Crippen LogP contribution in [0.4, 0.5) is 0 Å². The molecular weight excluding hydrogens is 220 g/mol. The average Bonchev–Trinajstić information content (AvgIpc) is 2.14. The highest BCUT2D eigenvalue weighted by Gasteiger charge is 2.12. The molecule has 4 heteroatoms. The second-order valence-corrected chi connectivity index (χ2v) is 3.15. The van der Waals surface area contributed by atoms with E-state index in [4.69, 9.17) is 16.7 Å². The van der Waals surface area contributed by atoms with Gasteiger partial charge in [0, 0.05) is 5.56 Å². The molecule has 0 radical (unpaired) electrons. The molecular formula is C10H7ClO2S. The van der Waals surface area contributed by atoms with Crippen LogP contribution in [0.15, 0.2) is 18.2 Å². The van der Waals surface area contributed by atoms with Gasteiger partial charge >= 0.3 is 5.97 Å². The van der Waals surface area contributed by atoms with Gasteiger partial charge in [0.2, 0.25) is 0 Å². The number of carboxylic acids is 1. The zero-order valence-electron chi connectivity index (χ0n) is 7.12. The van der Waals surface area contributed by atoms with Gasteiger partial charge in [0.25, 0.3) is 0 Å². The highest BCUT2D eigenvalue weighted by molar-refractivity contribution is 7.80. The SMILES string of the molecule is O=C(O)c1c(Cl)cccc1C#CCS. The quantitative estimate of drug-likeness (QED) is 0.570. The first-order valence-electron chi connectivity index (χ1n) is 3.78. The Morgan fingerprint density at radius 3 is 2.86 bits per heavy atom. The van der Waals surface area contributed by atoms with Crippen LogP contribution in [0.1, 0.15) is 15.9 Å². The Morgan fingerprint density at radius 1 is 1.57 bits per heavy atom. The van der Waals surface area contributed by atoms with Gasteiger partial charge in [-0.05, 0) is 12.1 Å². The minimum absolute atomic E-state index is 0.0449. The molecule has 1 aromatic rings. The molecule has 72 valence electrons. The lowest BCUT2D eigenvalue weighted by atomic mass is 10.1. The summed E-state index contributed by atoms with van der Waals surface area (Å²) in [5.41, 5.74) is 0.461. The monoisotopic (exact) mass is 226 g/mol. The number of hydrogen-bond acceptors (Lipinski definition) is 2. The third-order valence-electron chi connectivity index (χ3n) is 1.53. The fourth-order valence-electron chi connectivity index (χ4n) is 0.980. The van der Waals surface area contributed by atoms with E-state index in [2.05, 4.69) is 24.5 Å². The number of rotatable bonds is 1. The average molecular weight is 227 g/mol. The number of carboxylic acid groups (broad SMARTS) is 1. The van der Waals surface area contributed by atoms with Crippen molar-refractivity contribution in [1.82, 2.24) is 0 Å². The molecule has 0 saturated heterocycles. The summed E-state index contributed by atoms with van der Waals surface area (Å²) in [7, 11) is 0. The summed E-state index contributed by atoms with van der Waals surface area (Å²) in [6.07, 6.45) is 0. The lowest BCUT2D eigenvalue weighted by molar-refractivity contribution is 0.0697. The number of carbonyl (C=O) groups is 1. The molecule has 0 heterocycles. The maximum atomic E-state index is 10.8. The maximum Gasteiger partial charge on any atom is 0.338 e. The first-order valence-corrected chi connectivity index (χ1v) is 4.79. The van der Waals surface area contributed by atoms with Crippen molar-refractivity contribution < 1.29 is 9.90 Å². The lowest BCUT2D eigenvalue weighted by Gasteiger charge is -2.00. The van der Waals surface area contributed by atoms with E-state index in [0.717, 1.165) is 0 Å². The van der Waals surface area contributed by atoms with Crippen LogP contribution in [-0.2, 0) is 0 Å². The van der Waals surface area contributed by atoms with E-state index >= 15 is 0 Å². The van der Waals surface area contributed by atoms with E-state index in [1.807, 2.05) is 0 Å². The van der Waals surface area contributed by atoms with Crippen LogP contribution in [-0.4, -0.2) is 16.8 Å². The Balaban J connectivity index is 3.28. The largest absolute Gasteiger partial charge is 0.478 e. The van der Waals surface area contributed by atoms with Gasteiger partial charge in [0.1, 0.15) is 0 Å². The molecule has 0 amide bonds. The minimum Gasteiger partial charge on any atom is -0.478 e. The predicted octanol–water partition coefficient (Wildman–Crippen LogP) is 2.32. The minimum atomic E-state index is -1.07. The van der Waals surface area contributed by atoms with Crippen molar-refractivity contribution in [2.75, 3.05) is 5.75 Å². The summed E-state index contributed by atoms with van der Waals surface area (Å²) in [5, 5.41) is 9.07. The maximum absolute atomic E-state index is 10.8. The molecule has 0 aliphatic heterocycles. The van der Waals surface area contributed by atoms with Gasteiger partial charge in [-0.1, -0.05) is 29.5 Å². The first kappa shape index (κ1) is 11.0. The number of aromatic carboxylic acids is 1. The number of benzene rings is 1. The first-order chi connectivity index (χ1) is 6.66. The normalized spacial score (nSPS) is 9.00. The van der Waals surface area contributed by atoms with Crippen LogP contribution < -0.4 is 0 Å². The molecule has 0 aliphatic rings. The lowest BCUT2D eigenvalue weighted by Crippen LogP contribution is -2.00. The zero-order chi connectivity index (χ0) is 10.6. The summed E-state index contributed by atoms with van der Waals surface area (Å²) >= 11 is 9.64. The standard InChI is InChI=1S/C10H7ClO2S/c11-8-5-1-3-7(4-2-6-14)9(8)10(12)13/h1,3,5,14H,6H2,(H,12,13). The Hall–Kier alpha value is -1.11. The third kappa shape index (κ3) is 2.44. The molecule has 0 spiro atoms. The highest BCUT2D eigenvalue weighted by Crippen LogP contribution is 2.19. The van der Waals surface area contributed by atoms with E-state index in [-0.39, 0.29) is 10.6 Å². The van der Waals surface area contributed by atoms with Crippen molar-refractivity contribution in [1.29, 1.82) is 0 Å². The van der Waals surface area contributed by atoms with Crippen LogP contribution in [0.5, 0.6) is 0 Å². The Labute approximate surface area is 92.3 Å². The Kier molecular flexibility index (Phi) is 3.87. The van der Waals surface area contributed by atoms with Gasteiger partial charge in [0.05, 0.1) is 16.3 Å². The van der Waals surface area contributed by atoms with Crippen molar-refractivity contribution in [3.05, 3.63) is 34.3 Å². The van der Waals surface area contributed by atoms with Gasteiger partial charge in [-0.2, -0.15) is 12.6 Å². The molecule has 1 aromatic carbocycles. The van der Waals surface area contributed by atoms with Crippen LogP contribution in [0.25, 0.3) is 0 Å². The van der Waals surface area contributed by atoms with E-state index in [1.165, 1.54) is 6.07 Å². The van der Waals surface area contributed by atoms with Crippen molar-refractivity contribution in [2.45, 2.75) is 0 Å². The van der Waals surface area contributed by atoms with Gasteiger partial charge in [-0.25, -0.2) is 4.79 Å². The molecule has 14 heavy (non-hydrogen) atoms. The van der Waals surface area contributed by atoms with E-state index < -0.39 is 5.97 Å². The molecule has 0 bridgehead atoms. The molecule has 2 nitrogen and oxygen atoms in total. The van der Waals surface area contributed by atoms with Crippen molar-refractivity contribution in [2.24, 2.45) is 0 Å². The molecule has 0 saturated carbocycles. The van der Waals surface area contributed by atoms with Crippen LogP contribution >= 0.6 is 24.2 Å². The van der Waals surface area contributed by atoms with Crippen LogP contribution in [0, 0.1) is 11.8 Å². The Morgan fingerprint density at radius 2 is 2.29 bits per heavy atom. The number of hydrogen-bond donors (Lipinski definition) is 2. The van der Waals surface area contributed by atoms with Crippen molar-refractivity contribution >= 4 is 30.2 Å².